The van der Waals surface area contributed by atoms with E-state index in [0.29, 0.717) is 19.3 Å². The van der Waals surface area contributed by atoms with E-state index in [1.165, 1.54) is 44.9 Å². The zero-order valence-electron chi connectivity index (χ0n) is 39.6. The summed E-state index contributed by atoms with van der Waals surface area (Å²) in [6.07, 6.45) is 67.7. The number of allylic oxidation sites excluding steroid dienone is 20. The predicted molar refractivity (Wildman–Crippen MR) is 265 cm³/mol. The minimum Gasteiger partial charge on any atom is -0.462 e. The number of unbranched alkanes of at least 4 members (excludes halogenated alkanes) is 11. The van der Waals surface area contributed by atoms with E-state index in [-0.39, 0.29) is 50.4 Å². The van der Waals surface area contributed by atoms with Gasteiger partial charge in [0, 0.05) is 19.3 Å². The van der Waals surface area contributed by atoms with E-state index in [2.05, 4.69) is 142 Å². The molecule has 0 saturated carbocycles. The van der Waals surface area contributed by atoms with Crippen molar-refractivity contribution in [3.63, 3.8) is 0 Å². The van der Waals surface area contributed by atoms with E-state index in [1.54, 1.807) is 0 Å². The number of esters is 3. The van der Waals surface area contributed by atoms with Gasteiger partial charge in [-0.25, -0.2) is 0 Å². The van der Waals surface area contributed by atoms with Crippen LogP contribution in [0.5, 0.6) is 0 Å². The first-order chi connectivity index (χ1) is 30.5. The second kappa shape index (κ2) is 49.5. The summed E-state index contributed by atoms with van der Waals surface area (Å²) < 4.78 is 16.6. The Balaban J connectivity index is 4.58. The van der Waals surface area contributed by atoms with E-state index in [9.17, 15) is 14.4 Å². The standard InChI is InChI=1S/C56H88O6/c1-4-7-10-13-16-19-22-24-26-28-30-31-34-37-40-43-46-49-55(58)61-52-53(51-60-54(57)48-45-42-39-36-33-21-18-15-12-9-6-3)62-56(59)50-47-44-41-38-35-32-29-27-25-23-20-17-14-11-8-5-2/h8-9,11-12,17-18,20-21,24-27,30-32,35-37,39-40,53H,4-7,10,13-16,19,22-23,28-29,33-34,38,41-52H2,1-3H3/b11-8-,12-9-,20-17-,21-18-,26-24-,27-25-,31-30-,35-32-,39-36-,40-37-. The van der Waals surface area contributed by atoms with Gasteiger partial charge in [0.15, 0.2) is 6.10 Å². The molecule has 0 rings (SSSR count). The van der Waals surface area contributed by atoms with Crippen LogP contribution in [0.25, 0.3) is 0 Å². The first kappa shape index (κ1) is 57.8. The Hall–Kier alpha value is -4.19. The molecule has 6 heteroatoms. The minimum atomic E-state index is -0.837. The lowest BCUT2D eigenvalue weighted by Gasteiger charge is -2.18. The van der Waals surface area contributed by atoms with Crippen LogP contribution in [0.15, 0.2) is 122 Å². The Labute approximate surface area is 380 Å². The molecule has 0 fully saturated rings. The van der Waals surface area contributed by atoms with Crippen LogP contribution in [-0.2, 0) is 28.6 Å². The minimum absolute atomic E-state index is 0.137. The Bertz CT molecular complexity index is 1350. The molecule has 0 spiro atoms. The summed E-state index contributed by atoms with van der Waals surface area (Å²) in [4.78, 5) is 37.8. The van der Waals surface area contributed by atoms with Crippen LogP contribution in [0, 0.1) is 0 Å². The quantitative estimate of drug-likeness (QED) is 0.0263. The average Bonchev–Trinajstić information content (AvgIpc) is 3.27. The van der Waals surface area contributed by atoms with Crippen LogP contribution in [-0.4, -0.2) is 37.2 Å². The maximum Gasteiger partial charge on any atom is 0.306 e. The van der Waals surface area contributed by atoms with E-state index >= 15 is 0 Å². The highest BCUT2D eigenvalue weighted by atomic mass is 16.6. The molecular weight excluding hydrogens is 769 g/mol. The van der Waals surface area contributed by atoms with Crippen molar-refractivity contribution in [1.29, 1.82) is 0 Å². The molecule has 1 atom stereocenters. The van der Waals surface area contributed by atoms with Gasteiger partial charge < -0.3 is 14.2 Å². The van der Waals surface area contributed by atoms with Gasteiger partial charge >= 0.3 is 17.9 Å². The first-order valence-electron chi connectivity index (χ1n) is 24.5. The third-order valence-electron chi connectivity index (χ3n) is 9.68. The van der Waals surface area contributed by atoms with E-state index in [4.69, 9.17) is 14.2 Å². The molecule has 0 aliphatic heterocycles. The fourth-order valence-corrected chi connectivity index (χ4v) is 6.06. The van der Waals surface area contributed by atoms with Gasteiger partial charge in [0.2, 0.25) is 0 Å². The van der Waals surface area contributed by atoms with Crippen LogP contribution < -0.4 is 0 Å². The maximum absolute atomic E-state index is 12.8. The third kappa shape index (κ3) is 46.9. The van der Waals surface area contributed by atoms with Crippen molar-refractivity contribution in [3.8, 4) is 0 Å². The van der Waals surface area contributed by atoms with Crippen molar-refractivity contribution in [2.45, 2.75) is 200 Å². The molecule has 0 N–H and O–H groups in total. The number of carbonyl (C=O) groups excluding carboxylic acids is 3. The summed E-state index contributed by atoms with van der Waals surface area (Å²) in [6, 6.07) is 0. The number of carbonyl (C=O) groups is 3. The smallest absolute Gasteiger partial charge is 0.306 e. The monoisotopic (exact) mass is 857 g/mol. The molecule has 0 aliphatic carbocycles. The summed E-state index contributed by atoms with van der Waals surface area (Å²) in [7, 11) is 0. The number of ether oxygens (including phenoxy) is 3. The van der Waals surface area contributed by atoms with Crippen LogP contribution in [0.2, 0.25) is 0 Å². The van der Waals surface area contributed by atoms with Gasteiger partial charge in [0.05, 0.1) is 0 Å². The zero-order chi connectivity index (χ0) is 45.1. The topological polar surface area (TPSA) is 78.9 Å². The Morgan fingerprint density at radius 1 is 0.339 bits per heavy atom. The van der Waals surface area contributed by atoms with Crippen LogP contribution >= 0.6 is 0 Å². The van der Waals surface area contributed by atoms with Crippen molar-refractivity contribution in [1.82, 2.24) is 0 Å². The van der Waals surface area contributed by atoms with Gasteiger partial charge in [-0.2, -0.15) is 0 Å². The molecule has 6 nitrogen and oxygen atoms in total. The summed E-state index contributed by atoms with van der Waals surface area (Å²) in [6.45, 7) is 6.25. The second-order valence-corrected chi connectivity index (χ2v) is 15.6. The highest BCUT2D eigenvalue weighted by Gasteiger charge is 2.19. The molecule has 0 radical (unpaired) electrons. The Morgan fingerprint density at radius 2 is 0.645 bits per heavy atom. The fraction of sp³-hybridized carbons (Fsp3) is 0.589. The lowest BCUT2D eigenvalue weighted by atomic mass is 10.1. The molecule has 1 unspecified atom stereocenters. The highest BCUT2D eigenvalue weighted by Crippen LogP contribution is 2.10. The zero-order valence-corrected chi connectivity index (χ0v) is 39.6. The maximum atomic E-state index is 12.8. The van der Waals surface area contributed by atoms with Crippen molar-refractivity contribution in [2.24, 2.45) is 0 Å². The number of hydrogen-bond acceptors (Lipinski definition) is 6. The highest BCUT2D eigenvalue weighted by molar-refractivity contribution is 5.71. The average molecular weight is 857 g/mol. The molecule has 0 aromatic heterocycles. The van der Waals surface area contributed by atoms with Gasteiger partial charge in [-0.15, -0.1) is 0 Å². The van der Waals surface area contributed by atoms with Gasteiger partial charge in [0.1, 0.15) is 13.2 Å². The van der Waals surface area contributed by atoms with Crippen LogP contribution in [0.1, 0.15) is 194 Å². The summed E-state index contributed by atoms with van der Waals surface area (Å²) in [5.41, 5.74) is 0. The summed E-state index contributed by atoms with van der Waals surface area (Å²) in [5.74, 6) is -1.08. The third-order valence-corrected chi connectivity index (χ3v) is 9.68. The molecular formula is C56H88O6. The van der Waals surface area contributed by atoms with Gasteiger partial charge in [-0.05, 0) is 116 Å². The SMILES string of the molecule is CC/C=C\C/C=C\C/C=C\C/C=C\CCCCCC(=O)OC(COC(=O)CCC/C=C\C/C=C\C/C=C\CC)COC(=O)CCC/C=C\C/C=C\C/C=C\CCCCCCCC. The van der Waals surface area contributed by atoms with Gasteiger partial charge in [-0.3, -0.25) is 14.4 Å². The van der Waals surface area contributed by atoms with Crippen molar-refractivity contribution < 1.29 is 28.6 Å². The van der Waals surface area contributed by atoms with Crippen LogP contribution in [0.4, 0.5) is 0 Å². The summed E-state index contributed by atoms with van der Waals surface area (Å²) in [5, 5.41) is 0. The molecule has 0 aliphatic rings. The molecule has 62 heavy (non-hydrogen) atoms. The largest absolute Gasteiger partial charge is 0.462 e. The van der Waals surface area contributed by atoms with Crippen molar-refractivity contribution >= 4 is 17.9 Å². The van der Waals surface area contributed by atoms with E-state index < -0.39 is 6.10 Å². The summed E-state index contributed by atoms with van der Waals surface area (Å²) >= 11 is 0. The first-order valence-corrected chi connectivity index (χ1v) is 24.5. The molecule has 348 valence electrons. The van der Waals surface area contributed by atoms with E-state index in [1.807, 2.05) is 0 Å². The van der Waals surface area contributed by atoms with E-state index in [0.717, 1.165) is 89.9 Å². The fourth-order valence-electron chi connectivity index (χ4n) is 6.06. The lowest BCUT2D eigenvalue weighted by molar-refractivity contribution is -0.167. The Morgan fingerprint density at radius 3 is 1.03 bits per heavy atom. The molecule has 0 aromatic carbocycles. The molecule has 0 bridgehead atoms. The second-order valence-electron chi connectivity index (χ2n) is 15.6. The van der Waals surface area contributed by atoms with Crippen molar-refractivity contribution in [3.05, 3.63) is 122 Å². The predicted octanol–water partition coefficient (Wildman–Crippen LogP) is 16.1. The lowest BCUT2D eigenvalue weighted by Crippen LogP contribution is -2.30. The normalized spacial score (nSPS) is 13.1. The Kier molecular flexibility index (Phi) is 46.1. The van der Waals surface area contributed by atoms with Crippen molar-refractivity contribution in [2.75, 3.05) is 13.2 Å². The molecule has 0 heterocycles. The molecule has 0 amide bonds. The van der Waals surface area contributed by atoms with Gasteiger partial charge in [0.25, 0.3) is 0 Å². The van der Waals surface area contributed by atoms with Crippen LogP contribution in [0.3, 0.4) is 0 Å². The molecule has 0 saturated heterocycles. The number of hydrogen-bond donors (Lipinski definition) is 0. The molecule has 0 aromatic rings. The number of rotatable bonds is 42. The van der Waals surface area contributed by atoms with Gasteiger partial charge in [-0.1, -0.05) is 181 Å².